The average Bonchev–Trinajstić information content (AvgIpc) is 2.51. The highest BCUT2D eigenvalue weighted by Crippen LogP contribution is 2.33. The van der Waals surface area contributed by atoms with Crippen molar-refractivity contribution < 1.29 is 9.47 Å². The van der Waals surface area contributed by atoms with Crippen LogP contribution in [-0.4, -0.2) is 18.7 Å². The Balaban J connectivity index is 2.02. The minimum Gasteiger partial charge on any atom is -0.493 e. The zero-order valence-corrected chi connectivity index (χ0v) is 13.0. The number of nitrogens with one attached hydrogen (secondary N) is 1. The van der Waals surface area contributed by atoms with Crippen LogP contribution in [-0.2, 0) is 13.1 Å². The molecule has 0 radical (unpaired) electrons. The summed E-state index contributed by atoms with van der Waals surface area (Å²) < 4.78 is 10.8. The molecule has 1 aromatic heterocycles. The van der Waals surface area contributed by atoms with E-state index in [9.17, 15) is 0 Å². The van der Waals surface area contributed by atoms with E-state index in [0.29, 0.717) is 36.2 Å². The van der Waals surface area contributed by atoms with Crippen molar-refractivity contribution in [2.75, 3.05) is 13.7 Å². The van der Waals surface area contributed by atoms with Crippen LogP contribution in [0.2, 0.25) is 5.02 Å². The minimum absolute atomic E-state index is 0.573. The number of methoxy groups -OCH3 is 1. The van der Waals surface area contributed by atoms with Crippen LogP contribution in [0.4, 0.5) is 0 Å². The number of halogens is 1. The van der Waals surface area contributed by atoms with Crippen LogP contribution in [0.15, 0.2) is 36.5 Å². The van der Waals surface area contributed by atoms with E-state index in [-0.39, 0.29) is 0 Å². The molecule has 0 atom stereocenters. The first kappa shape index (κ1) is 15.6. The first-order chi connectivity index (χ1) is 10.2. The van der Waals surface area contributed by atoms with Crippen molar-refractivity contribution in [3.05, 3.63) is 52.8 Å². The third-order valence-corrected chi connectivity index (χ3v) is 3.33. The van der Waals surface area contributed by atoms with Crippen molar-refractivity contribution in [1.29, 1.82) is 0 Å². The van der Waals surface area contributed by atoms with Gasteiger partial charge in [-0.25, -0.2) is 0 Å². The fourth-order valence-corrected chi connectivity index (χ4v) is 2.19. The Bertz CT molecular complexity index is 576. The molecule has 112 valence electrons. The molecule has 0 saturated heterocycles. The lowest BCUT2D eigenvalue weighted by atomic mass is 10.2. The second-order valence-corrected chi connectivity index (χ2v) is 4.86. The Labute approximate surface area is 130 Å². The molecule has 0 saturated carbocycles. The predicted molar refractivity (Wildman–Crippen MR) is 84.0 cm³/mol. The Morgan fingerprint density at radius 3 is 2.71 bits per heavy atom. The molecule has 0 aliphatic heterocycles. The van der Waals surface area contributed by atoms with Crippen molar-refractivity contribution in [2.45, 2.75) is 20.0 Å². The molecule has 21 heavy (non-hydrogen) atoms. The standard InChI is InChI=1S/C16H19ClN2O2/c1-3-21-16-9-14(17)12(8-15(16)20-2)10-18-11-13-6-4-5-7-19-13/h4-9,18H,3,10-11H2,1-2H3. The lowest BCUT2D eigenvalue weighted by molar-refractivity contribution is 0.310. The minimum atomic E-state index is 0.573. The SMILES string of the molecule is CCOc1cc(Cl)c(CNCc2ccccn2)cc1OC. The molecule has 0 aliphatic rings. The molecule has 2 aromatic rings. The van der Waals surface area contributed by atoms with E-state index in [1.54, 1.807) is 19.4 Å². The van der Waals surface area contributed by atoms with Crippen molar-refractivity contribution in [1.82, 2.24) is 10.3 Å². The number of hydrogen-bond donors (Lipinski definition) is 1. The maximum atomic E-state index is 6.28. The van der Waals surface area contributed by atoms with Gasteiger partial charge in [-0.1, -0.05) is 17.7 Å². The van der Waals surface area contributed by atoms with Gasteiger partial charge in [0.15, 0.2) is 11.5 Å². The van der Waals surface area contributed by atoms with Crippen LogP contribution in [0, 0.1) is 0 Å². The van der Waals surface area contributed by atoms with Crippen molar-refractivity contribution in [3.8, 4) is 11.5 Å². The predicted octanol–water partition coefficient (Wildman–Crippen LogP) is 3.43. The van der Waals surface area contributed by atoms with E-state index in [4.69, 9.17) is 21.1 Å². The number of benzene rings is 1. The van der Waals surface area contributed by atoms with Gasteiger partial charge in [-0.3, -0.25) is 4.98 Å². The van der Waals surface area contributed by atoms with Gasteiger partial charge < -0.3 is 14.8 Å². The summed E-state index contributed by atoms with van der Waals surface area (Å²) in [6.07, 6.45) is 1.78. The third-order valence-electron chi connectivity index (χ3n) is 2.98. The summed E-state index contributed by atoms with van der Waals surface area (Å²) in [4.78, 5) is 4.26. The van der Waals surface area contributed by atoms with Gasteiger partial charge in [0, 0.05) is 30.4 Å². The molecule has 1 aromatic carbocycles. The Morgan fingerprint density at radius 2 is 2.05 bits per heavy atom. The Morgan fingerprint density at radius 1 is 1.19 bits per heavy atom. The fraction of sp³-hybridized carbons (Fsp3) is 0.312. The molecule has 0 aliphatic carbocycles. The van der Waals surface area contributed by atoms with Gasteiger partial charge in [-0.2, -0.15) is 0 Å². The number of ether oxygens (including phenoxy) is 2. The van der Waals surface area contributed by atoms with E-state index in [0.717, 1.165) is 11.3 Å². The van der Waals surface area contributed by atoms with E-state index >= 15 is 0 Å². The van der Waals surface area contributed by atoms with Crippen LogP contribution in [0.5, 0.6) is 11.5 Å². The molecule has 1 N–H and O–H groups in total. The van der Waals surface area contributed by atoms with Crippen LogP contribution >= 0.6 is 11.6 Å². The molecule has 2 rings (SSSR count). The highest BCUT2D eigenvalue weighted by Gasteiger charge is 2.10. The van der Waals surface area contributed by atoms with Gasteiger partial charge in [-0.05, 0) is 30.7 Å². The number of hydrogen-bond acceptors (Lipinski definition) is 4. The van der Waals surface area contributed by atoms with Gasteiger partial charge >= 0.3 is 0 Å². The summed E-state index contributed by atoms with van der Waals surface area (Å²) >= 11 is 6.28. The van der Waals surface area contributed by atoms with Crippen LogP contribution in [0.3, 0.4) is 0 Å². The molecular formula is C16H19ClN2O2. The van der Waals surface area contributed by atoms with Gasteiger partial charge in [0.25, 0.3) is 0 Å². The van der Waals surface area contributed by atoms with Gasteiger partial charge in [-0.15, -0.1) is 0 Å². The number of nitrogens with zero attached hydrogens (tertiary/aromatic N) is 1. The molecule has 0 unspecified atom stereocenters. The van der Waals surface area contributed by atoms with E-state index in [1.165, 1.54) is 0 Å². The number of pyridine rings is 1. The summed E-state index contributed by atoms with van der Waals surface area (Å²) in [7, 11) is 1.62. The second kappa shape index (κ2) is 7.86. The van der Waals surface area contributed by atoms with Crippen LogP contribution in [0.1, 0.15) is 18.2 Å². The lowest BCUT2D eigenvalue weighted by Crippen LogP contribution is -2.14. The van der Waals surface area contributed by atoms with E-state index in [2.05, 4.69) is 10.3 Å². The first-order valence-corrected chi connectivity index (χ1v) is 7.22. The van der Waals surface area contributed by atoms with Gasteiger partial charge in [0.05, 0.1) is 19.4 Å². The molecule has 0 spiro atoms. The largest absolute Gasteiger partial charge is 0.493 e. The molecule has 4 nitrogen and oxygen atoms in total. The zero-order valence-electron chi connectivity index (χ0n) is 12.2. The maximum Gasteiger partial charge on any atom is 0.162 e. The summed E-state index contributed by atoms with van der Waals surface area (Å²) in [5.74, 6) is 1.36. The normalized spacial score (nSPS) is 10.4. The highest BCUT2D eigenvalue weighted by atomic mass is 35.5. The molecular weight excluding hydrogens is 288 g/mol. The molecule has 1 heterocycles. The highest BCUT2D eigenvalue weighted by molar-refractivity contribution is 6.31. The van der Waals surface area contributed by atoms with E-state index < -0.39 is 0 Å². The number of rotatable bonds is 7. The monoisotopic (exact) mass is 306 g/mol. The molecule has 0 bridgehead atoms. The summed E-state index contributed by atoms with van der Waals surface area (Å²) in [6, 6.07) is 9.54. The molecule has 5 heteroatoms. The Kier molecular flexibility index (Phi) is 5.84. The molecule has 0 amide bonds. The van der Waals surface area contributed by atoms with E-state index in [1.807, 2.05) is 31.2 Å². The van der Waals surface area contributed by atoms with Crippen molar-refractivity contribution in [3.63, 3.8) is 0 Å². The first-order valence-electron chi connectivity index (χ1n) is 6.84. The van der Waals surface area contributed by atoms with Gasteiger partial charge in [0.2, 0.25) is 0 Å². The van der Waals surface area contributed by atoms with Crippen LogP contribution < -0.4 is 14.8 Å². The topological polar surface area (TPSA) is 43.4 Å². The smallest absolute Gasteiger partial charge is 0.162 e. The second-order valence-electron chi connectivity index (χ2n) is 4.45. The quantitative estimate of drug-likeness (QED) is 0.851. The average molecular weight is 307 g/mol. The maximum absolute atomic E-state index is 6.28. The lowest BCUT2D eigenvalue weighted by Gasteiger charge is -2.13. The molecule has 0 fully saturated rings. The van der Waals surface area contributed by atoms with Crippen molar-refractivity contribution in [2.24, 2.45) is 0 Å². The Hall–Kier alpha value is -1.78. The summed E-state index contributed by atoms with van der Waals surface area (Å²) in [5.41, 5.74) is 1.96. The van der Waals surface area contributed by atoms with Crippen molar-refractivity contribution >= 4 is 11.6 Å². The summed E-state index contributed by atoms with van der Waals surface area (Å²) in [5, 5.41) is 3.98. The fourth-order valence-electron chi connectivity index (χ4n) is 1.97. The summed E-state index contributed by atoms with van der Waals surface area (Å²) in [6.45, 7) is 3.82. The number of aromatic nitrogens is 1. The van der Waals surface area contributed by atoms with Gasteiger partial charge in [0.1, 0.15) is 0 Å². The third kappa shape index (κ3) is 4.34. The zero-order chi connectivity index (χ0) is 15.1. The van der Waals surface area contributed by atoms with Crippen LogP contribution in [0.25, 0.3) is 0 Å².